The van der Waals surface area contributed by atoms with Crippen molar-refractivity contribution in [3.8, 4) is 0 Å². The molecule has 0 heterocycles. The molecule has 8 nitrogen and oxygen atoms in total. The number of nitrogens with two attached hydrogens (primary N) is 3. The second kappa shape index (κ2) is 33.8. The third kappa shape index (κ3) is 51.4. The summed E-state index contributed by atoms with van der Waals surface area (Å²) in [7, 11) is -5.08. The van der Waals surface area contributed by atoms with Crippen LogP contribution in [0.1, 0.15) is 40.0 Å². The van der Waals surface area contributed by atoms with Gasteiger partial charge in [0.1, 0.15) is 0 Å². The summed E-state index contributed by atoms with van der Waals surface area (Å²) in [5.41, 5.74) is 16.2. The van der Waals surface area contributed by atoms with Gasteiger partial charge in [0.25, 0.3) is 0 Å². The van der Waals surface area contributed by atoms with Crippen molar-refractivity contribution >= 4 is 44.5 Å². The van der Waals surface area contributed by atoms with E-state index < -0.39 is 44.5 Å². The van der Waals surface area contributed by atoms with Crippen LogP contribution >= 0.6 is 0 Å². The number of hydrogen-bond acceptors (Lipinski definition) is 8. The average Bonchev–Trinajstić information content (AvgIpc) is 2.76. The first kappa shape index (κ1) is 46.6. The Labute approximate surface area is 234 Å². The van der Waals surface area contributed by atoms with Crippen molar-refractivity contribution in [2.24, 2.45) is 17.2 Å². The third-order valence-corrected chi connectivity index (χ3v) is 10.9. The molecule has 0 fully saturated rings. The third-order valence-electron chi connectivity index (χ3n) is 4.04. The average molecular weight is 608 g/mol. The van der Waals surface area contributed by atoms with Crippen LogP contribution in [0.4, 0.5) is 0 Å². The van der Waals surface area contributed by atoms with Gasteiger partial charge in [-0.05, 0) is 59.7 Å². The molecule has 13 heteroatoms. The summed E-state index contributed by atoms with van der Waals surface area (Å²) in [5.74, 6) is 0. The van der Waals surface area contributed by atoms with Gasteiger partial charge in [-0.2, -0.15) is 0 Å². The molecule has 0 saturated heterocycles. The van der Waals surface area contributed by atoms with Gasteiger partial charge in [0.05, 0.1) is 0 Å². The van der Waals surface area contributed by atoms with E-state index in [0.29, 0.717) is 26.4 Å². The monoisotopic (exact) mass is 607 g/mol. The fraction of sp³-hybridized carbons (Fsp3) is 1.00. The summed E-state index contributed by atoms with van der Waals surface area (Å²) in [6.45, 7) is 28.1. The largest absolute Gasteiger partial charge is 0.500 e. The quantitative estimate of drug-likeness (QED) is 0.179. The van der Waals surface area contributed by atoms with Crippen LogP contribution < -0.4 is 17.2 Å². The molecule has 0 radical (unpaired) electrons. The van der Waals surface area contributed by atoms with Crippen LogP contribution in [0.5, 0.6) is 0 Å². The van der Waals surface area contributed by atoms with E-state index in [4.69, 9.17) is 40.1 Å². The molecule has 0 saturated carbocycles. The van der Waals surface area contributed by atoms with Crippen LogP contribution in [-0.4, -0.2) is 93.5 Å². The van der Waals surface area contributed by atoms with E-state index in [2.05, 4.69) is 39.3 Å². The Kier molecular flexibility index (Phi) is 43.7. The maximum absolute atomic E-state index is 7.71. The molecule has 0 aliphatic carbocycles. The van der Waals surface area contributed by atoms with Crippen LogP contribution in [0, 0.1) is 0 Å². The fourth-order valence-electron chi connectivity index (χ4n) is 2.58. The fourth-order valence-corrected chi connectivity index (χ4v) is 7.75. The molecule has 0 atom stereocenters. The maximum Gasteiger partial charge on any atom is 0.500 e. The van der Waals surface area contributed by atoms with Gasteiger partial charge in [-0.3, -0.25) is 0 Å². The van der Waals surface area contributed by atoms with Crippen molar-refractivity contribution in [1.82, 2.24) is 0 Å². The van der Waals surface area contributed by atoms with Crippen molar-refractivity contribution in [2.75, 3.05) is 39.5 Å². The maximum atomic E-state index is 7.71. The lowest BCUT2D eigenvalue weighted by Crippen LogP contribution is -2.46. The van der Waals surface area contributed by atoms with Crippen molar-refractivity contribution in [3.63, 3.8) is 0 Å². The zero-order valence-corrected chi connectivity index (χ0v) is 32.1. The molecule has 0 aromatic heterocycles. The first-order chi connectivity index (χ1) is 16.7. The molecule has 0 rings (SSSR count). The summed E-state index contributed by atoms with van der Waals surface area (Å²) >= 11 is 0. The molecular weight excluding hydrogens is 539 g/mol. The van der Waals surface area contributed by atoms with Crippen molar-refractivity contribution in [2.45, 2.75) is 111 Å². The highest BCUT2D eigenvalue weighted by atomic mass is 28.4. The van der Waals surface area contributed by atoms with Gasteiger partial charge in [-0.25, -0.2) is 0 Å². The van der Waals surface area contributed by atoms with Crippen LogP contribution in [0.15, 0.2) is 0 Å². The molecule has 0 aliphatic heterocycles. The predicted molar refractivity (Wildman–Crippen MR) is 176 cm³/mol. The highest BCUT2D eigenvalue weighted by molar-refractivity contribution is 6.76. The van der Waals surface area contributed by atoms with Crippen molar-refractivity contribution in [1.29, 1.82) is 0 Å². The van der Waals surface area contributed by atoms with Gasteiger partial charge in [-0.15, -0.1) is 0 Å². The lowest BCUT2D eigenvalue weighted by Gasteiger charge is -2.28. The Morgan fingerprint density at radius 3 is 0.917 bits per heavy atom. The van der Waals surface area contributed by atoms with Gasteiger partial charge in [0.15, 0.2) is 19.5 Å². The van der Waals surface area contributed by atoms with E-state index in [9.17, 15) is 0 Å². The summed E-state index contributed by atoms with van der Waals surface area (Å²) in [6, 6.07) is 3.58. The molecule has 226 valence electrons. The van der Waals surface area contributed by atoms with Crippen LogP contribution in [-0.2, 0) is 13.3 Å². The summed E-state index contributed by atoms with van der Waals surface area (Å²) in [5, 5.41) is 0. The van der Waals surface area contributed by atoms with E-state index in [1.165, 1.54) is 24.9 Å². The SMILES string of the molecule is CCO[Si](CCCN)(OCC)OCC.C[SiH2]O.C[SiH2]O.C[Si](C)(C)CCCN.C[Si](C)(C)CCCN. The van der Waals surface area contributed by atoms with Crippen LogP contribution in [0.3, 0.4) is 0 Å². The van der Waals surface area contributed by atoms with E-state index >= 15 is 0 Å². The molecule has 0 amide bonds. The molecule has 0 aliphatic rings. The molecule has 0 unspecified atom stereocenters. The lowest BCUT2D eigenvalue weighted by molar-refractivity contribution is 0.0710. The summed E-state index contributed by atoms with van der Waals surface area (Å²) in [4.78, 5) is 15.4. The highest BCUT2D eigenvalue weighted by Crippen LogP contribution is 2.17. The zero-order chi connectivity index (χ0) is 29.5. The highest BCUT2D eigenvalue weighted by Gasteiger charge is 2.39. The van der Waals surface area contributed by atoms with Gasteiger partial charge in [0, 0.05) is 42.0 Å². The molecule has 0 bridgehead atoms. The zero-order valence-electron chi connectivity index (χ0n) is 26.3. The number of hydrogen-bond donors (Lipinski definition) is 5. The minimum Gasteiger partial charge on any atom is -0.438 e. The van der Waals surface area contributed by atoms with E-state index in [-0.39, 0.29) is 0 Å². The van der Waals surface area contributed by atoms with E-state index in [0.717, 1.165) is 25.6 Å². The smallest absolute Gasteiger partial charge is 0.438 e. The Hall–Kier alpha value is 0.764. The first-order valence-corrected chi connectivity index (χ1v) is 27.4. The van der Waals surface area contributed by atoms with Crippen LogP contribution in [0.2, 0.25) is 70.5 Å². The van der Waals surface area contributed by atoms with Crippen molar-refractivity contribution < 1.29 is 22.9 Å². The minimum atomic E-state index is -2.40. The molecule has 36 heavy (non-hydrogen) atoms. The topological polar surface area (TPSA) is 146 Å². The van der Waals surface area contributed by atoms with E-state index in [1.807, 2.05) is 33.9 Å². The Bertz CT molecular complexity index is 355. The second-order valence-electron chi connectivity index (χ2n) is 10.4. The molecule has 0 aromatic rings. The molecular formula is C23H69N3O5Si5. The molecule has 0 aromatic carbocycles. The molecule has 8 N–H and O–H groups in total. The Morgan fingerprint density at radius 1 is 0.556 bits per heavy atom. The van der Waals surface area contributed by atoms with Crippen LogP contribution in [0.25, 0.3) is 0 Å². The Balaban J connectivity index is -0.000000125. The second-order valence-corrected chi connectivity index (χ2v) is 25.7. The molecule has 0 spiro atoms. The minimum absolute atomic E-state index is 0.583. The van der Waals surface area contributed by atoms with Gasteiger partial charge in [-0.1, -0.05) is 64.5 Å². The van der Waals surface area contributed by atoms with Gasteiger partial charge < -0.3 is 40.1 Å². The normalized spacial score (nSPS) is 11.7. The van der Waals surface area contributed by atoms with Gasteiger partial charge >= 0.3 is 8.80 Å². The predicted octanol–water partition coefficient (Wildman–Crippen LogP) is 2.95. The van der Waals surface area contributed by atoms with Gasteiger partial charge in [0.2, 0.25) is 0 Å². The standard InChI is InChI=1S/C9H23NO3Si.2C6H17NSi.2CH6OSi/c1-4-11-14(12-5-2,13-6-3)9-7-8-10;2*1-8(2,3)6-4-5-7;2*1-3-2/h4-10H2,1-3H3;2*4-7H2,1-3H3;2*2H,3H2,1H3. The van der Waals surface area contributed by atoms with E-state index in [1.54, 1.807) is 0 Å². The number of rotatable bonds is 15. The summed E-state index contributed by atoms with van der Waals surface area (Å²) in [6.07, 6.45) is 3.33. The first-order valence-electron chi connectivity index (χ1n) is 13.9. The van der Waals surface area contributed by atoms with Crippen molar-refractivity contribution in [3.05, 3.63) is 0 Å². The Morgan fingerprint density at radius 2 is 0.778 bits per heavy atom. The summed E-state index contributed by atoms with van der Waals surface area (Å²) < 4.78 is 17.0. The lowest BCUT2D eigenvalue weighted by atomic mass is 10.5.